The lowest BCUT2D eigenvalue weighted by Crippen LogP contribution is -1.99. The van der Waals surface area contributed by atoms with Crippen molar-refractivity contribution in [3.8, 4) is 11.1 Å². The lowest BCUT2D eigenvalue weighted by atomic mass is 10.1. The Bertz CT molecular complexity index is 503. The number of nitrogen functional groups attached to an aromatic ring is 1. The predicted octanol–water partition coefficient (Wildman–Crippen LogP) is 3.37. The van der Waals surface area contributed by atoms with Crippen molar-refractivity contribution in [2.24, 2.45) is 0 Å². The van der Waals surface area contributed by atoms with Gasteiger partial charge in [0.1, 0.15) is 0 Å². The zero-order valence-corrected chi connectivity index (χ0v) is 10.1. The maximum Gasteiger partial charge on any atom is 0.0569 e. The Balaban J connectivity index is 2.42. The molecule has 0 bridgehead atoms. The second-order valence-electron chi connectivity index (χ2n) is 4.03. The summed E-state index contributed by atoms with van der Waals surface area (Å²) in [7, 11) is 0. The number of halogens is 1. The fourth-order valence-corrected chi connectivity index (χ4v) is 1.74. The Morgan fingerprint density at radius 1 is 1.38 bits per heavy atom. The van der Waals surface area contributed by atoms with Crippen LogP contribution in [0.4, 0.5) is 5.69 Å². The minimum Gasteiger partial charge on any atom is -0.398 e. The van der Waals surface area contributed by atoms with Gasteiger partial charge in [-0.05, 0) is 26.0 Å². The Labute approximate surface area is 99.8 Å². The Morgan fingerprint density at radius 2 is 2.12 bits per heavy atom. The van der Waals surface area contributed by atoms with Gasteiger partial charge in [-0.3, -0.25) is 4.68 Å². The highest BCUT2D eigenvalue weighted by Crippen LogP contribution is 2.28. The van der Waals surface area contributed by atoms with E-state index in [0.717, 1.165) is 11.1 Å². The van der Waals surface area contributed by atoms with Crippen molar-refractivity contribution in [1.82, 2.24) is 9.78 Å². The van der Waals surface area contributed by atoms with Crippen LogP contribution in [0.1, 0.15) is 19.9 Å². The number of nitrogens with two attached hydrogens (primary N) is 1. The molecule has 0 atom stereocenters. The molecular formula is C12H14ClN3. The van der Waals surface area contributed by atoms with E-state index in [2.05, 4.69) is 18.9 Å². The summed E-state index contributed by atoms with van der Waals surface area (Å²) >= 11 is 5.86. The van der Waals surface area contributed by atoms with Crippen molar-refractivity contribution in [2.45, 2.75) is 19.9 Å². The SMILES string of the molecule is CC(C)n1cc(-c2ccc(Cl)cc2N)cn1. The molecule has 16 heavy (non-hydrogen) atoms. The monoisotopic (exact) mass is 235 g/mol. The van der Waals surface area contributed by atoms with Crippen LogP contribution < -0.4 is 5.73 Å². The Morgan fingerprint density at radius 3 is 2.69 bits per heavy atom. The summed E-state index contributed by atoms with van der Waals surface area (Å²) in [5, 5.41) is 4.93. The van der Waals surface area contributed by atoms with E-state index in [0.29, 0.717) is 16.8 Å². The average Bonchev–Trinajstić information content (AvgIpc) is 2.66. The second kappa shape index (κ2) is 4.18. The highest BCUT2D eigenvalue weighted by molar-refractivity contribution is 6.31. The molecule has 0 amide bonds. The Hall–Kier alpha value is -1.48. The van der Waals surface area contributed by atoms with Crippen LogP contribution in [0.15, 0.2) is 30.6 Å². The Kier molecular flexibility index (Phi) is 2.88. The van der Waals surface area contributed by atoms with Gasteiger partial charge in [0.25, 0.3) is 0 Å². The van der Waals surface area contributed by atoms with E-state index in [-0.39, 0.29) is 0 Å². The standard InChI is InChI=1S/C12H14ClN3/c1-8(2)16-7-9(6-15-16)11-4-3-10(13)5-12(11)14/h3-8H,14H2,1-2H3. The molecule has 0 saturated carbocycles. The summed E-state index contributed by atoms with van der Waals surface area (Å²) in [4.78, 5) is 0. The molecule has 0 saturated heterocycles. The second-order valence-corrected chi connectivity index (χ2v) is 4.47. The van der Waals surface area contributed by atoms with Gasteiger partial charge in [-0.2, -0.15) is 5.10 Å². The first-order valence-corrected chi connectivity index (χ1v) is 5.55. The zero-order valence-electron chi connectivity index (χ0n) is 9.31. The van der Waals surface area contributed by atoms with Gasteiger partial charge >= 0.3 is 0 Å². The number of nitrogens with zero attached hydrogens (tertiary/aromatic N) is 2. The summed E-state index contributed by atoms with van der Waals surface area (Å²) in [5.41, 5.74) is 8.58. The molecule has 2 N–H and O–H groups in total. The van der Waals surface area contributed by atoms with Crippen LogP contribution in [0.2, 0.25) is 5.02 Å². The molecule has 0 aliphatic carbocycles. The molecule has 4 heteroatoms. The van der Waals surface area contributed by atoms with Gasteiger partial charge in [-0.25, -0.2) is 0 Å². The van der Waals surface area contributed by atoms with E-state index in [1.165, 1.54) is 0 Å². The lowest BCUT2D eigenvalue weighted by Gasteiger charge is -2.05. The summed E-state index contributed by atoms with van der Waals surface area (Å²) in [5.74, 6) is 0. The fourth-order valence-electron chi connectivity index (χ4n) is 1.56. The smallest absolute Gasteiger partial charge is 0.0569 e. The number of anilines is 1. The molecule has 0 aliphatic rings. The van der Waals surface area contributed by atoms with E-state index < -0.39 is 0 Å². The minimum atomic E-state index is 0.349. The maximum absolute atomic E-state index is 5.92. The van der Waals surface area contributed by atoms with E-state index >= 15 is 0 Å². The van der Waals surface area contributed by atoms with Crippen LogP contribution in [0.5, 0.6) is 0 Å². The highest BCUT2D eigenvalue weighted by Gasteiger charge is 2.07. The van der Waals surface area contributed by atoms with Crippen molar-refractivity contribution in [2.75, 3.05) is 5.73 Å². The molecule has 0 aliphatic heterocycles. The minimum absolute atomic E-state index is 0.349. The van der Waals surface area contributed by atoms with Crippen LogP contribution in [0.25, 0.3) is 11.1 Å². The van der Waals surface area contributed by atoms with E-state index in [1.54, 1.807) is 6.07 Å². The maximum atomic E-state index is 5.92. The van der Waals surface area contributed by atoms with Gasteiger partial charge in [0.05, 0.1) is 6.20 Å². The molecule has 0 radical (unpaired) electrons. The van der Waals surface area contributed by atoms with Crippen molar-refractivity contribution in [3.05, 3.63) is 35.6 Å². The van der Waals surface area contributed by atoms with E-state index in [1.807, 2.05) is 29.2 Å². The first-order chi connectivity index (χ1) is 7.58. The van der Waals surface area contributed by atoms with Gasteiger partial charge in [0.2, 0.25) is 0 Å². The largest absolute Gasteiger partial charge is 0.398 e. The third-order valence-electron chi connectivity index (χ3n) is 2.46. The molecule has 1 aromatic heterocycles. The van der Waals surface area contributed by atoms with Gasteiger partial charge < -0.3 is 5.73 Å². The van der Waals surface area contributed by atoms with Gasteiger partial charge in [0, 0.05) is 34.1 Å². The normalized spacial score (nSPS) is 11.0. The van der Waals surface area contributed by atoms with Gasteiger partial charge in [0.15, 0.2) is 0 Å². The molecule has 3 nitrogen and oxygen atoms in total. The summed E-state index contributed by atoms with van der Waals surface area (Å²) in [6.07, 6.45) is 3.81. The molecule has 2 aromatic rings. The van der Waals surface area contributed by atoms with Crippen LogP contribution >= 0.6 is 11.6 Å². The molecule has 1 aromatic carbocycles. The van der Waals surface area contributed by atoms with E-state index in [9.17, 15) is 0 Å². The first-order valence-electron chi connectivity index (χ1n) is 5.17. The molecule has 0 unspecified atom stereocenters. The highest BCUT2D eigenvalue weighted by atomic mass is 35.5. The number of rotatable bonds is 2. The third-order valence-corrected chi connectivity index (χ3v) is 2.69. The summed E-state index contributed by atoms with van der Waals surface area (Å²) in [6, 6.07) is 5.85. The molecule has 0 fully saturated rings. The number of hydrogen-bond acceptors (Lipinski definition) is 2. The summed E-state index contributed by atoms with van der Waals surface area (Å²) < 4.78 is 1.91. The van der Waals surface area contributed by atoms with Crippen molar-refractivity contribution in [1.29, 1.82) is 0 Å². The van der Waals surface area contributed by atoms with Crippen LogP contribution in [-0.4, -0.2) is 9.78 Å². The zero-order chi connectivity index (χ0) is 11.7. The van der Waals surface area contributed by atoms with Crippen LogP contribution in [0, 0.1) is 0 Å². The molecule has 1 heterocycles. The first kappa shape index (κ1) is 11.0. The number of benzene rings is 1. The topological polar surface area (TPSA) is 43.8 Å². The van der Waals surface area contributed by atoms with E-state index in [4.69, 9.17) is 17.3 Å². The summed E-state index contributed by atoms with van der Waals surface area (Å²) in [6.45, 7) is 4.17. The third kappa shape index (κ3) is 2.04. The lowest BCUT2D eigenvalue weighted by molar-refractivity contribution is 0.532. The fraction of sp³-hybridized carbons (Fsp3) is 0.250. The number of aromatic nitrogens is 2. The van der Waals surface area contributed by atoms with Crippen LogP contribution in [-0.2, 0) is 0 Å². The average molecular weight is 236 g/mol. The van der Waals surface area contributed by atoms with Crippen molar-refractivity contribution >= 4 is 17.3 Å². The van der Waals surface area contributed by atoms with Gasteiger partial charge in [-0.15, -0.1) is 0 Å². The molecule has 0 spiro atoms. The van der Waals surface area contributed by atoms with Crippen molar-refractivity contribution < 1.29 is 0 Å². The van der Waals surface area contributed by atoms with Crippen molar-refractivity contribution in [3.63, 3.8) is 0 Å². The van der Waals surface area contributed by atoms with Crippen LogP contribution in [0.3, 0.4) is 0 Å². The quantitative estimate of drug-likeness (QED) is 0.812. The molecule has 84 valence electrons. The van der Waals surface area contributed by atoms with Gasteiger partial charge in [-0.1, -0.05) is 17.7 Å². The molecule has 2 rings (SSSR count). The predicted molar refractivity (Wildman–Crippen MR) is 67.5 cm³/mol. The molecular weight excluding hydrogens is 222 g/mol. The number of hydrogen-bond donors (Lipinski definition) is 1.